The number of nitriles is 1. The average molecular weight is 349 g/mol. The fourth-order valence-corrected chi connectivity index (χ4v) is 1.91. The molecular weight excluding hydrogens is 337 g/mol. The Morgan fingerprint density at radius 3 is 2.65 bits per heavy atom. The molecule has 108 valence electrons. The van der Waals surface area contributed by atoms with E-state index in [0.29, 0.717) is 17.3 Å². The second-order valence-corrected chi connectivity index (χ2v) is 5.01. The number of rotatable bonds is 4. The Bertz CT molecular complexity index is 537. The number of nitrogens with one attached hydrogen (secondary N) is 1. The Morgan fingerprint density at radius 2 is 2.15 bits per heavy atom. The highest BCUT2D eigenvalue weighted by Crippen LogP contribution is 2.34. The van der Waals surface area contributed by atoms with Gasteiger partial charge < -0.3 is 5.32 Å². The third kappa shape index (κ3) is 4.23. The van der Waals surface area contributed by atoms with Crippen LogP contribution in [0.5, 0.6) is 0 Å². The zero-order valence-electron chi connectivity index (χ0n) is 10.6. The Labute approximate surface area is 122 Å². The van der Waals surface area contributed by atoms with E-state index in [9.17, 15) is 18.0 Å². The number of hydrogen-bond donors (Lipinski definition) is 1. The largest absolute Gasteiger partial charge is 0.416 e. The van der Waals surface area contributed by atoms with Crippen molar-refractivity contribution in [3.8, 4) is 6.07 Å². The van der Waals surface area contributed by atoms with Gasteiger partial charge in [0.2, 0.25) is 5.91 Å². The fraction of sp³-hybridized carbons (Fsp3) is 0.385. The summed E-state index contributed by atoms with van der Waals surface area (Å²) >= 11 is 3.07. The maximum absolute atomic E-state index is 12.6. The zero-order valence-corrected chi connectivity index (χ0v) is 12.2. The van der Waals surface area contributed by atoms with Gasteiger partial charge in [-0.15, -0.1) is 0 Å². The Morgan fingerprint density at radius 1 is 1.50 bits per heavy atom. The Balaban J connectivity index is 2.98. The summed E-state index contributed by atoms with van der Waals surface area (Å²) in [5.74, 6) is -1.48. The number of alkyl halides is 3. The summed E-state index contributed by atoms with van der Waals surface area (Å²) < 4.78 is 38.1. The molecule has 0 fully saturated rings. The lowest BCUT2D eigenvalue weighted by molar-refractivity contribution is -0.137. The van der Waals surface area contributed by atoms with E-state index in [2.05, 4.69) is 21.2 Å². The van der Waals surface area contributed by atoms with Crippen molar-refractivity contribution < 1.29 is 18.0 Å². The van der Waals surface area contributed by atoms with Crippen molar-refractivity contribution in [2.75, 3.05) is 5.32 Å². The molecule has 0 heterocycles. The summed E-state index contributed by atoms with van der Waals surface area (Å²) in [6.45, 7) is 1.82. The molecule has 7 heteroatoms. The van der Waals surface area contributed by atoms with Gasteiger partial charge in [-0.25, -0.2) is 0 Å². The molecule has 3 nitrogen and oxygen atoms in total. The van der Waals surface area contributed by atoms with Crippen LogP contribution in [0.3, 0.4) is 0 Å². The molecule has 0 aliphatic heterocycles. The molecule has 0 saturated heterocycles. The van der Waals surface area contributed by atoms with Gasteiger partial charge in [0, 0.05) is 4.47 Å². The van der Waals surface area contributed by atoms with E-state index in [1.54, 1.807) is 0 Å². The van der Waals surface area contributed by atoms with Gasteiger partial charge in [-0.3, -0.25) is 4.79 Å². The average Bonchev–Trinajstić information content (AvgIpc) is 2.37. The van der Waals surface area contributed by atoms with Gasteiger partial charge in [-0.1, -0.05) is 13.3 Å². The topological polar surface area (TPSA) is 52.9 Å². The standard InChI is InChI=1S/C13H12BrF3N2O/c1-2-3-8(7-18)12(20)19-11-6-9(13(15,16)17)4-5-10(11)14/h4-6,8H,2-3H2,1H3,(H,19,20). The van der Waals surface area contributed by atoms with Gasteiger partial charge in [0.1, 0.15) is 5.92 Å². The minimum absolute atomic E-state index is 0.00109. The van der Waals surface area contributed by atoms with Crippen LogP contribution in [-0.2, 0) is 11.0 Å². The first-order valence-corrected chi connectivity index (χ1v) is 6.66. The van der Waals surface area contributed by atoms with Crippen LogP contribution in [0, 0.1) is 17.2 Å². The van der Waals surface area contributed by atoms with Crippen LogP contribution in [-0.4, -0.2) is 5.91 Å². The Hall–Kier alpha value is -1.55. The summed E-state index contributed by atoms with van der Waals surface area (Å²) in [5, 5.41) is 11.2. The normalized spacial score (nSPS) is 12.6. The Kier molecular flexibility index (Phi) is 5.57. The van der Waals surface area contributed by atoms with E-state index in [1.807, 2.05) is 13.0 Å². The molecule has 0 aliphatic rings. The summed E-state index contributed by atoms with van der Waals surface area (Å²) in [6, 6.07) is 4.79. The first-order valence-electron chi connectivity index (χ1n) is 5.86. The fourth-order valence-electron chi connectivity index (χ4n) is 1.56. The molecule has 1 rings (SSSR count). The minimum Gasteiger partial charge on any atom is -0.324 e. The number of anilines is 1. The van der Waals surface area contributed by atoms with E-state index in [0.717, 1.165) is 12.1 Å². The number of nitrogens with zero attached hydrogens (tertiary/aromatic N) is 1. The van der Waals surface area contributed by atoms with Crippen molar-refractivity contribution in [3.05, 3.63) is 28.2 Å². The molecule has 0 spiro atoms. The highest BCUT2D eigenvalue weighted by Gasteiger charge is 2.31. The minimum atomic E-state index is -4.49. The van der Waals surface area contributed by atoms with Crippen LogP contribution >= 0.6 is 15.9 Å². The third-order valence-electron chi connectivity index (χ3n) is 2.60. The number of carbonyl (C=O) groups excluding carboxylic acids is 1. The van der Waals surface area contributed by atoms with Gasteiger partial charge in [-0.05, 0) is 40.5 Å². The lowest BCUT2D eigenvalue weighted by Crippen LogP contribution is -2.22. The molecule has 0 aliphatic carbocycles. The van der Waals surface area contributed by atoms with Crippen molar-refractivity contribution >= 4 is 27.5 Å². The number of halogens is 4. The van der Waals surface area contributed by atoms with Crippen molar-refractivity contribution in [1.29, 1.82) is 5.26 Å². The molecule has 1 amide bonds. The molecule has 1 N–H and O–H groups in total. The molecule has 0 radical (unpaired) electrons. The quantitative estimate of drug-likeness (QED) is 0.879. The maximum atomic E-state index is 12.6. The zero-order chi connectivity index (χ0) is 15.3. The predicted octanol–water partition coefficient (Wildman–Crippen LogP) is 4.35. The summed E-state index contributed by atoms with van der Waals surface area (Å²) in [5.41, 5.74) is -0.860. The molecular formula is C13H12BrF3N2O. The summed E-state index contributed by atoms with van der Waals surface area (Å²) in [7, 11) is 0. The second-order valence-electron chi connectivity index (χ2n) is 4.15. The van der Waals surface area contributed by atoms with Crippen LogP contribution in [0.4, 0.5) is 18.9 Å². The van der Waals surface area contributed by atoms with E-state index < -0.39 is 23.6 Å². The van der Waals surface area contributed by atoms with Crippen molar-refractivity contribution in [2.45, 2.75) is 25.9 Å². The SMILES string of the molecule is CCCC(C#N)C(=O)Nc1cc(C(F)(F)F)ccc1Br. The number of benzene rings is 1. The molecule has 1 aromatic rings. The molecule has 1 aromatic carbocycles. The predicted molar refractivity (Wildman–Crippen MR) is 71.8 cm³/mol. The summed E-state index contributed by atoms with van der Waals surface area (Å²) in [6.07, 6.45) is -3.49. The van der Waals surface area contributed by atoms with E-state index in [1.165, 1.54) is 6.07 Å². The van der Waals surface area contributed by atoms with Crippen LogP contribution in [0.15, 0.2) is 22.7 Å². The molecule has 0 bridgehead atoms. The lowest BCUT2D eigenvalue weighted by Gasteiger charge is -2.13. The number of hydrogen-bond acceptors (Lipinski definition) is 2. The number of carbonyl (C=O) groups is 1. The first-order chi connectivity index (χ1) is 9.29. The van der Waals surface area contributed by atoms with Gasteiger partial charge in [-0.2, -0.15) is 18.4 Å². The highest BCUT2D eigenvalue weighted by atomic mass is 79.9. The van der Waals surface area contributed by atoms with Crippen molar-refractivity contribution in [1.82, 2.24) is 0 Å². The van der Waals surface area contributed by atoms with Crippen LogP contribution < -0.4 is 5.32 Å². The lowest BCUT2D eigenvalue weighted by atomic mass is 10.0. The summed E-state index contributed by atoms with van der Waals surface area (Å²) in [4.78, 5) is 11.8. The van der Waals surface area contributed by atoms with Crippen LogP contribution in [0.2, 0.25) is 0 Å². The van der Waals surface area contributed by atoms with Crippen LogP contribution in [0.25, 0.3) is 0 Å². The van der Waals surface area contributed by atoms with Gasteiger partial charge in [0.25, 0.3) is 0 Å². The van der Waals surface area contributed by atoms with Gasteiger partial charge in [0.15, 0.2) is 0 Å². The molecule has 0 saturated carbocycles. The molecule has 20 heavy (non-hydrogen) atoms. The molecule has 1 unspecified atom stereocenters. The third-order valence-corrected chi connectivity index (χ3v) is 3.29. The highest BCUT2D eigenvalue weighted by molar-refractivity contribution is 9.10. The van der Waals surface area contributed by atoms with E-state index in [-0.39, 0.29) is 5.69 Å². The monoisotopic (exact) mass is 348 g/mol. The second kappa shape index (κ2) is 6.75. The maximum Gasteiger partial charge on any atom is 0.416 e. The van der Waals surface area contributed by atoms with Crippen LogP contribution in [0.1, 0.15) is 25.3 Å². The van der Waals surface area contributed by atoms with Crippen molar-refractivity contribution in [2.24, 2.45) is 5.92 Å². The first kappa shape index (κ1) is 16.5. The van der Waals surface area contributed by atoms with Gasteiger partial charge >= 0.3 is 6.18 Å². The number of amides is 1. The van der Waals surface area contributed by atoms with Crippen molar-refractivity contribution in [3.63, 3.8) is 0 Å². The van der Waals surface area contributed by atoms with E-state index in [4.69, 9.17) is 5.26 Å². The molecule has 0 aromatic heterocycles. The van der Waals surface area contributed by atoms with Gasteiger partial charge in [0.05, 0.1) is 17.3 Å². The van der Waals surface area contributed by atoms with E-state index >= 15 is 0 Å². The smallest absolute Gasteiger partial charge is 0.324 e. The molecule has 1 atom stereocenters.